The maximum atomic E-state index is 13.9. The van der Waals surface area contributed by atoms with Crippen LogP contribution in [-0.4, -0.2) is 81.0 Å². The Bertz CT molecular complexity index is 1390. The minimum Gasteiger partial charge on any atom is -0.379 e. The number of carbonyl (C=O) groups excluding carboxylic acids is 1. The molecule has 12 heteroatoms. The maximum Gasteiger partial charge on any atom is 0.252 e. The molecule has 1 aromatic carbocycles. The molecule has 206 valence electrons. The van der Waals surface area contributed by atoms with Crippen LogP contribution in [0, 0.1) is 19.8 Å². The van der Waals surface area contributed by atoms with Gasteiger partial charge < -0.3 is 4.74 Å². The Hall–Kier alpha value is -1.60. The summed E-state index contributed by atoms with van der Waals surface area (Å²) in [5.74, 6) is -0.205. The summed E-state index contributed by atoms with van der Waals surface area (Å²) in [6.07, 6.45) is 1.81. The largest absolute Gasteiger partial charge is 0.379 e. The van der Waals surface area contributed by atoms with Crippen LogP contribution in [0.25, 0.3) is 10.2 Å². The predicted octanol–water partition coefficient (Wildman–Crippen LogP) is 4.78. The van der Waals surface area contributed by atoms with Crippen LogP contribution in [0.15, 0.2) is 28.5 Å². The molecule has 1 amide bonds. The highest BCUT2D eigenvalue weighted by Gasteiger charge is 2.35. The second-order valence-corrected chi connectivity index (χ2v) is 14.8. The molecule has 0 bridgehead atoms. The number of thiophene rings is 1. The number of aryl methyl sites for hydroxylation is 2. The smallest absolute Gasteiger partial charge is 0.252 e. The number of amides is 1. The molecule has 3 aromatic rings. The first-order chi connectivity index (χ1) is 18.2. The molecule has 2 aliphatic heterocycles. The number of rotatable bonds is 8. The summed E-state index contributed by atoms with van der Waals surface area (Å²) in [4.78, 5) is 23.0. The molecule has 2 aromatic heterocycles. The van der Waals surface area contributed by atoms with E-state index in [0.717, 1.165) is 71.5 Å². The number of thiazole rings is 1. The van der Waals surface area contributed by atoms with E-state index in [1.165, 1.54) is 9.87 Å². The van der Waals surface area contributed by atoms with E-state index in [-0.39, 0.29) is 16.0 Å². The normalized spacial score (nSPS) is 18.3. The molecular formula is C26H33ClN4O4S3. The number of hydrogen-bond donors (Lipinski definition) is 0. The third kappa shape index (κ3) is 6.09. The lowest BCUT2D eigenvalue weighted by molar-refractivity contribution is -0.123. The number of nitrogens with zero attached hydrogens (tertiary/aromatic N) is 4. The van der Waals surface area contributed by atoms with Crippen molar-refractivity contribution in [3.8, 4) is 0 Å². The highest BCUT2D eigenvalue weighted by Crippen LogP contribution is 2.35. The molecule has 5 rings (SSSR count). The van der Waals surface area contributed by atoms with Crippen molar-refractivity contribution < 1.29 is 17.9 Å². The average Bonchev–Trinajstić information content (AvgIpc) is 3.54. The van der Waals surface area contributed by atoms with Gasteiger partial charge in [-0.15, -0.1) is 11.3 Å². The van der Waals surface area contributed by atoms with Crippen molar-refractivity contribution in [1.29, 1.82) is 0 Å². The highest BCUT2D eigenvalue weighted by molar-refractivity contribution is 7.91. The number of hydrogen-bond acceptors (Lipinski definition) is 8. The van der Waals surface area contributed by atoms with E-state index in [1.807, 2.05) is 4.90 Å². The van der Waals surface area contributed by atoms with Gasteiger partial charge in [0.2, 0.25) is 5.91 Å². The van der Waals surface area contributed by atoms with E-state index in [9.17, 15) is 13.2 Å². The minimum absolute atomic E-state index is 0.0385. The van der Waals surface area contributed by atoms with Crippen molar-refractivity contribution in [2.45, 2.75) is 37.3 Å². The zero-order valence-corrected chi connectivity index (χ0v) is 24.9. The van der Waals surface area contributed by atoms with E-state index in [1.54, 1.807) is 23.5 Å². The van der Waals surface area contributed by atoms with Gasteiger partial charge in [0, 0.05) is 45.2 Å². The van der Waals surface area contributed by atoms with Crippen LogP contribution in [-0.2, 0) is 19.6 Å². The number of morpholine rings is 1. The fourth-order valence-electron chi connectivity index (χ4n) is 5.18. The summed E-state index contributed by atoms with van der Waals surface area (Å²) in [5, 5.41) is 0.726. The van der Waals surface area contributed by atoms with Crippen molar-refractivity contribution in [2.75, 3.05) is 57.4 Å². The van der Waals surface area contributed by atoms with Gasteiger partial charge in [-0.05, 0) is 62.4 Å². The van der Waals surface area contributed by atoms with E-state index in [4.69, 9.17) is 21.3 Å². The summed E-state index contributed by atoms with van der Waals surface area (Å²) in [7, 11) is -3.60. The van der Waals surface area contributed by atoms with Gasteiger partial charge in [0.05, 0.1) is 27.8 Å². The van der Waals surface area contributed by atoms with Crippen LogP contribution in [0.5, 0.6) is 0 Å². The summed E-state index contributed by atoms with van der Waals surface area (Å²) < 4.78 is 34.8. The zero-order valence-electron chi connectivity index (χ0n) is 21.7. The van der Waals surface area contributed by atoms with Crippen LogP contribution in [0.2, 0.25) is 4.34 Å². The first-order valence-electron chi connectivity index (χ1n) is 13.0. The molecule has 4 heterocycles. The first-order valence-corrected chi connectivity index (χ1v) is 16.4. The number of fused-ring (bicyclic) bond motifs is 1. The van der Waals surface area contributed by atoms with Crippen molar-refractivity contribution >= 4 is 65.6 Å². The van der Waals surface area contributed by atoms with Crippen LogP contribution < -0.4 is 4.90 Å². The zero-order chi connectivity index (χ0) is 26.9. The lowest BCUT2D eigenvalue weighted by Gasteiger charge is -2.33. The lowest BCUT2D eigenvalue weighted by atomic mass is 9.96. The van der Waals surface area contributed by atoms with Crippen molar-refractivity contribution in [2.24, 2.45) is 5.92 Å². The SMILES string of the molecule is Cc1cc(C)c2nc(N(CCCN3CCOCC3)C(=O)C3CCN(S(=O)(=O)c4ccc(Cl)s4)CC3)sc2c1. The Morgan fingerprint density at radius 3 is 2.55 bits per heavy atom. The molecule has 0 N–H and O–H groups in total. The molecule has 0 radical (unpaired) electrons. The van der Waals surface area contributed by atoms with Crippen LogP contribution in [0.1, 0.15) is 30.4 Å². The molecule has 2 aliphatic rings. The third-order valence-electron chi connectivity index (χ3n) is 7.22. The molecule has 8 nitrogen and oxygen atoms in total. The number of carbonyl (C=O) groups is 1. The van der Waals surface area contributed by atoms with Crippen molar-refractivity contribution in [3.63, 3.8) is 0 Å². The molecule has 0 atom stereocenters. The van der Waals surface area contributed by atoms with E-state index in [2.05, 4.69) is 30.9 Å². The second-order valence-electron chi connectivity index (χ2n) is 9.96. The van der Waals surface area contributed by atoms with Crippen molar-refractivity contribution in [3.05, 3.63) is 39.7 Å². The molecule has 2 saturated heterocycles. The standard InChI is InChI=1S/C26H33ClN4O4S3/c1-18-16-19(2)24-21(17-18)36-26(28-24)31(9-3-8-29-12-14-35-15-13-29)25(32)20-6-10-30(11-7-20)38(33,34)23-5-4-22(27)37-23/h4-5,16-17,20H,3,6-15H2,1-2H3. The quantitative estimate of drug-likeness (QED) is 0.372. The van der Waals surface area contributed by atoms with Crippen LogP contribution in [0.3, 0.4) is 0 Å². The van der Waals surface area contributed by atoms with Crippen molar-refractivity contribution in [1.82, 2.24) is 14.2 Å². The summed E-state index contributed by atoms with van der Waals surface area (Å²) in [5.41, 5.74) is 3.23. The van der Waals surface area contributed by atoms with Gasteiger partial charge in [0.25, 0.3) is 10.0 Å². The van der Waals surface area contributed by atoms with Gasteiger partial charge in [-0.2, -0.15) is 4.31 Å². The van der Waals surface area contributed by atoms with Crippen LogP contribution in [0.4, 0.5) is 5.13 Å². The molecule has 38 heavy (non-hydrogen) atoms. The maximum absolute atomic E-state index is 13.9. The number of ether oxygens (including phenoxy) is 1. The number of aromatic nitrogens is 1. The number of sulfonamides is 1. The second kappa shape index (κ2) is 11.9. The molecule has 0 unspecified atom stereocenters. The van der Waals surface area contributed by atoms with E-state index >= 15 is 0 Å². The van der Waals surface area contributed by atoms with Gasteiger partial charge >= 0.3 is 0 Å². The summed E-state index contributed by atoms with van der Waals surface area (Å²) >= 11 is 8.60. The molecule has 2 fully saturated rings. The van der Waals surface area contributed by atoms with Gasteiger partial charge in [-0.1, -0.05) is 29.0 Å². The Balaban J connectivity index is 1.31. The third-order valence-corrected chi connectivity index (χ3v) is 11.8. The highest BCUT2D eigenvalue weighted by atomic mass is 35.5. The lowest BCUT2D eigenvalue weighted by Crippen LogP contribution is -2.45. The molecule has 0 saturated carbocycles. The number of anilines is 1. The Morgan fingerprint density at radius 2 is 1.87 bits per heavy atom. The summed E-state index contributed by atoms with van der Waals surface area (Å²) in [6, 6.07) is 7.39. The fourth-order valence-corrected chi connectivity index (χ4v) is 9.46. The molecule has 0 aliphatic carbocycles. The Labute approximate surface area is 237 Å². The number of piperidine rings is 1. The molecule has 0 spiro atoms. The minimum atomic E-state index is -3.60. The predicted molar refractivity (Wildman–Crippen MR) is 154 cm³/mol. The Morgan fingerprint density at radius 1 is 1.13 bits per heavy atom. The van der Waals surface area contributed by atoms with Gasteiger partial charge in [0.1, 0.15) is 4.21 Å². The molecular weight excluding hydrogens is 564 g/mol. The van der Waals surface area contributed by atoms with E-state index < -0.39 is 10.0 Å². The van der Waals surface area contributed by atoms with E-state index in [0.29, 0.717) is 36.8 Å². The monoisotopic (exact) mass is 596 g/mol. The Kier molecular flexibility index (Phi) is 8.73. The number of halogens is 1. The number of benzene rings is 1. The topological polar surface area (TPSA) is 83.1 Å². The average molecular weight is 597 g/mol. The fraction of sp³-hybridized carbons (Fsp3) is 0.538. The van der Waals surface area contributed by atoms with Gasteiger partial charge in [-0.3, -0.25) is 14.6 Å². The van der Waals surface area contributed by atoms with Gasteiger partial charge in [-0.25, -0.2) is 13.4 Å². The van der Waals surface area contributed by atoms with Gasteiger partial charge in [0.15, 0.2) is 5.13 Å². The first kappa shape index (κ1) is 27.9. The van der Waals surface area contributed by atoms with Crippen LogP contribution >= 0.6 is 34.3 Å². The summed E-state index contributed by atoms with van der Waals surface area (Å²) in [6.45, 7) is 9.56.